The maximum atomic E-state index is 12.2. The number of aliphatic hydroxyl groups excluding tert-OH is 1. The lowest BCUT2D eigenvalue weighted by molar-refractivity contribution is 0.143. The number of thiazole rings is 1. The molecule has 0 aromatic carbocycles. The van der Waals surface area contributed by atoms with Crippen LogP contribution in [0, 0.1) is 5.92 Å². The Hall–Kier alpha value is -1.44. The van der Waals surface area contributed by atoms with Gasteiger partial charge in [0.05, 0.1) is 0 Å². The Labute approximate surface area is 130 Å². The SMILES string of the molecule is O=C(Nc1nc2ccc(Cl)nc2s1)N1CCC(CO)CC1. The van der Waals surface area contributed by atoms with Crippen molar-refractivity contribution in [3.05, 3.63) is 17.3 Å². The average molecular weight is 327 g/mol. The van der Waals surface area contributed by atoms with Crippen LogP contribution in [0.1, 0.15) is 12.8 Å². The van der Waals surface area contributed by atoms with Crippen LogP contribution in [-0.2, 0) is 0 Å². The summed E-state index contributed by atoms with van der Waals surface area (Å²) in [4.78, 5) is 23.1. The van der Waals surface area contributed by atoms with Crippen LogP contribution >= 0.6 is 22.9 Å². The van der Waals surface area contributed by atoms with Crippen LogP contribution in [0.4, 0.5) is 9.93 Å². The van der Waals surface area contributed by atoms with Crippen molar-refractivity contribution in [3.8, 4) is 0 Å². The number of nitrogens with zero attached hydrogens (tertiary/aromatic N) is 3. The van der Waals surface area contributed by atoms with Gasteiger partial charge < -0.3 is 10.0 Å². The maximum Gasteiger partial charge on any atom is 0.323 e. The molecule has 2 aromatic heterocycles. The summed E-state index contributed by atoms with van der Waals surface area (Å²) in [6.45, 7) is 1.51. The molecule has 8 heteroatoms. The zero-order chi connectivity index (χ0) is 14.8. The Balaban J connectivity index is 1.66. The van der Waals surface area contributed by atoms with Crippen molar-refractivity contribution in [1.82, 2.24) is 14.9 Å². The number of carbonyl (C=O) groups excluding carboxylic acids is 1. The van der Waals surface area contributed by atoms with Crippen LogP contribution in [0.2, 0.25) is 5.15 Å². The number of piperidine rings is 1. The van der Waals surface area contributed by atoms with E-state index in [1.807, 2.05) is 0 Å². The second-order valence-electron chi connectivity index (χ2n) is 5.02. The van der Waals surface area contributed by atoms with Gasteiger partial charge in [0.2, 0.25) is 0 Å². The minimum atomic E-state index is -0.156. The first-order chi connectivity index (χ1) is 10.2. The normalized spacial score (nSPS) is 16.4. The van der Waals surface area contributed by atoms with E-state index < -0.39 is 0 Å². The van der Waals surface area contributed by atoms with E-state index in [9.17, 15) is 4.79 Å². The second-order valence-corrected chi connectivity index (χ2v) is 6.39. The van der Waals surface area contributed by atoms with Crippen molar-refractivity contribution in [2.75, 3.05) is 25.0 Å². The Kier molecular flexibility index (Phi) is 4.23. The molecule has 1 aliphatic rings. The third-order valence-corrected chi connectivity index (χ3v) is 4.69. The van der Waals surface area contributed by atoms with Crippen LogP contribution < -0.4 is 5.32 Å². The van der Waals surface area contributed by atoms with E-state index in [1.54, 1.807) is 17.0 Å². The fourth-order valence-corrected chi connectivity index (χ4v) is 3.36. The summed E-state index contributed by atoms with van der Waals surface area (Å²) >= 11 is 7.14. The van der Waals surface area contributed by atoms with Gasteiger partial charge in [-0.25, -0.2) is 14.8 Å². The van der Waals surface area contributed by atoms with E-state index in [0.717, 1.165) is 18.4 Å². The summed E-state index contributed by atoms with van der Waals surface area (Å²) in [5, 5.41) is 12.8. The molecular weight excluding hydrogens is 312 g/mol. The average Bonchev–Trinajstić information content (AvgIpc) is 2.88. The minimum absolute atomic E-state index is 0.156. The molecule has 2 aromatic rings. The second kappa shape index (κ2) is 6.13. The molecule has 0 bridgehead atoms. The Morgan fingerprint density at radius 2 is 2.19 bits per heavy atom. The Bertz CT molecular complexity index is 655. The van der Waals surface area contributed by atoms with Crippen LogP contribution in [-0.4, -0.2) is 45.7 Å². The smallest absolute Gasteiger partial charge is 0.323 e. The minimum Gasteiger partial charge on any atom is -0.396 e. The van der Waals surface area contributed by atoms with E-state index in [0.29, 0.717) is 34.1 Å². The van der Waals surface area contributed by atoms with Gasteiger partial charge in [0, 0.05) is 19.7 Å². The molecule has 21 heavy (non-hydrogen) atoms. The van der Waals surface area contributed by atoms with Crippen LogP contribution in [0.15, 0.2) is 12.1 Å². The van der Waals surface area contributed by atoms with E-state index in [-0.39, 0.29) is 12.6 Å². The molecule has 0 unspecified atom stereocenters. The summed E-state index contributed by atoms with van der Waals surface area (Å²) in [7, 11) is 0. The summed E-state index contributed by atoms with van der Waals surface area (Å²) in [5.41, 5.74) is 0.721. The molecule has 1 saturated heterocycles. The third kappa shape index (κ3) is 3.25. The molecule has 2 amide bonds. The number of pyridine rings is 1. The maximum absolute atomic E-state index is 12.2. The first-order valence-electron chi connectivity index (χ1n) is 6.75. The number of fused-ring (bicyclic) bond motifs is 1. The number of amides is 2. The van der Waals surface area contributed by atoms with E-state index in [1.165, 1.54) is 11.3 Å². The standard InChI is InChI=1S/C13H15ClN4O2S/c14-10-2-1-9-11(16-10)21-12(15-9)17-13(20)18-5-3-8(7-19)4-6-18/h1-2,8,19H,3-7H2,(H,15,17,20). The molecule has 3 heterocycles. The van der Waals surface area contributed by atoms with E-state index in [2.05, 4.69) is 15.3 Å². The Morgan fingerprint density at radius 1 is 1.43 bits per heavy atom. The van der Waals surface area contributed by atoms with E-state index in [4.69, 9.17) is 16.7 Å². The van der Waals surface area contributed by atoms with Gasteiger partial charge in [-0.3, -0.25) is 5.32 Å². The molecule has 0 spiro atoms. The molecule has 3 rings (SSSR count). The topological polar surface area (TPSA) is 78.4 Å². The van der Waals surface area contributed by atoms with Gasteiger partial charge in [-0.05, 0) is 30.9 Å². The molecule has 2 N–H and O–H groups in total. The van der Waals surface area contributed by atoms with Gasteiger partial charge in [0.25, 0.3) is 0 Å². The number of carbonyl (C=O) groups is 1. The van der Waals surface area contributed by atoms with Crippen LogP contribution in [0.25, 0.3) is 10.3 Å². The number of nitrogens with one attached hydrogen (secondary N) is 1. The number of aromatic nitrogens is 2. The fourth-order valence-electron chi connectivity index (χ4n) is 2.34. The van der Waals surface area contributed by atoms with Crippen molar-refractivity contribution in [1.29, 1.82) is 0 Å². The number of likely N-dealkylation sites (tertiary alicyclic amines) is 1. The quantitative estimate of drug-likeness (QED) is 0.831. The Morgan fingerprint density at radius 3 is 2.90 bits per heavy atom. The first kappa shape index (κ1) is 14.5. The van der Waals surface area contributed by atoms with Gasteiger partial charge >= 0.3 is 6.03 Å². The van der Waals surface area contributed by atoms with Crippen molar-refractivity contribution in [2.24, 2.45) is 5.92 Å². The predicted molar refractivity (Wildman–Crippen MR) is 82.8 cm³/mol. The number of aliphatic hydroxyl groups is 1. The first-order valence-corrected chi connectivity index (χ1v) is 7.95. The van der Waals surface area contributed by atoms with Crippen LogP contribution in [0.3, 0.4) is 0 Å². The number of anilines is 1. The molecule has 1 fully saturated rings. The third-order valence-electron chi connectivity index (χ3n) is 3.60. The van der Waals surface area contributed by atoms with Gasteiger partial charge in [0.15, 0.2) is 5.13 Å². The van der Waals surface area contributed by atoms with Crippen molar-refractivity contribution in [3.63, 3.8) is 0 Å². The van der Waals surface area contributed by atoms with Crippen molar-refractivity contribution < 1.29 is 9.90 Å². The lowest BCUT2D eigenvalue weighted by atomic mass is 9.98. The highest BCUT2D eigenvalue weighted by molar-refractivity contribution is 7.22. The lowest BCUT2D eigenvalue weighted by Gasteiger charge is -2.30. The summed E-state index contributed by atoms with van der Waals surface area (Å²) in [6.07, 6.45) is 1.67. The highest BCUT2D eigenvalue weighted by Crippen LogP contribution is 2.26. The van der Waals surface area contributed by atoms with Gasteiger partial charge in [-0.1, -0.05) is 22.9 Å². The number of halogens is 1. The van der Waals surface area contributed by atoms with Gasteiger partial charge in [0.1, 0.15) is 15.5 Å². The van der Waals surface area contributed by atoms with Crippen molar-refractivity contribution in [2.45, 2.75) is 12.8 Å². The number of urea groups is 1. The summed E-state index contributed by atoms with van der Waals surface area (Å²) < 4.78 is 0. The number of rotatable bonds is 2. The number of hydrogen-bond donors (Lipinski definition) is 2. The largest absolute Gasteiger partial charge is 0.396 e. The molecule has 0 radical (unpaired) electrons. The van der Waals surface area contributed by atoms with Crippen molar-refractivity contribution >= 4 is 44.4 Å². The predicted octanol–water partition coefficient (Wildman–Crippen LogP) is 2.58. The zero-order valence-electron chi connectivity index (χ0n) is 11.3. The molecule has 6 nitrogen and oxygen atoms in total. The molecule has 0 aliphatic carbocycles. The van der Waals surface area contributed by atoms with E-state index >= 15 is 0 Å². The highest BCUT2D eigenvalue weighted by Gasteiger charge is 2.23. The van der Waals surface area contributed by atoms with Gasteiger partial charge in [-0.2, -0.15) is 0 Å². The number of hydrogen-bond acceptors (Lipinski definition) is 5. The highest BCUT2D eigenvalue weighted by atomic mass is 35.5. The van der Waals surface area contributed by atoms with Gasteiger partial charge in [-0.15, -0.1) is 0 Å². The van der Waals surface area contributed by atoms with Crippen LogP contribution in [0.5, 0.6) is 0 Å². The molecular formula is C13H15ClN4O2S. The zero-order valence-corrected chi connectivity index (χ0v) is 12.8. The molecule has 0 saturated carbocycles. The fraction of sp³-hybridized carbons (Fsp3) is 0.462. The lowest BCUT2D eigenvalue weighted by Crippen LogP contribution is -2.41. The molecule has 1 aliphatic heterocycles. The molecule has 112 valence electrons. The summed E-state index contributed by atoms with van der Waals surface area (Å²) in [5.74, 6) is 0.308. The molecule has 0 atom stereocenters. The summed E-state index contributed by atoms with van der Waals surface area (Å²) in [6, 6.07) is 3.30. The monoisotopic (exact) mass is 326 g/mol.